The summed E-state index contributed by atoms with van der Waals surface area (Å²) in [4.78, 5) is 17.4. The average molecular weight is 236 g/mol. The van der Waals surface area contributed by atoms with E-state index in [1.165, 1.54) is 0 Å². The van der Waals surface area contributed by atoms with E-state index in [9.17, 15) is 4.79 Å². The third-order valence-electron chi connectivity index (χ3n) is 2.45. The molecule has 4 heteroatoms. The Morgan fingerprint density at radius 3 is 2.35 bits per heavy atom. The lowest BCUT2D eigenvalue weighted by Crippen LogP contribution is -2.35. The van der Waals surface area contributed by atoms with Crippen molar-refractivity contribution in [2.24, 2.45) is 0 Å². The lowest BCUT2D eigenvalue weighted by Gasteiger charge is -2.28. The molecule has 0 saturated heterocycles. The molecule has 1 rings (SSSR count). The van der Waals surface area contributed by atoms with E-state index in [2.05, 4.69) is 4.98 Å². The number of carbonyl (C=O) groups excluding carboxylic acids is 1. The molecule has 1 heterocycles. The van der Waals surface area contributed by atoms with Crippen molar-refractivity contribution >= 4 is 6.09 Å². The monoisotopic (exact) mass is 236 g/mol. The SMILES string of the molecule is CC(c1ccncc1)N(C)C(=O)OC(C)(C)C. The molecule has 4 nitrogen and oxygen atoms in total. The standard InChI is InChI=1S/C13H20N2O2/c1-10(11-6-8-14-9-7-11)15(5)12(16)17-13(2,3)4/h6-10H,1-5H3. The molecule has 1 aromatic rings. The second-order valence-electron chi connectivity index (χ2n) is 5.05. The molecule has 1 aromatic heterocycles. The molecule has 0 fully saturated rings. The van der Waals surface area contributed by atoms with Crippen molar-refractivity contribution in [3.63, 3.8) is 0 Å². The summed E-state index contributed by atoms with van der Waals surface area (Å²) in [5.74, 6) is 0. The number of hydrogen-bond donors (Lipinski definition) is 0. The maximum absolute atomic E-state index is 11.9. The van der Waals surface area contributed by atoms with Crippen LogP contribution in [-0.2, 0) is 4.74 Å². The van der Waals surface area contributed by atoms with Crippen LogP contribution in [0.1, 0.15) is 39.3 Å². The van der Waals surface area contributed by atoms with Crippen LogP contribution in [0.2, 0.25) is 0 Å². The maximum Gasteiger partial charge on any atom is 0.410 e. The molecule has 1 atom stereocenters. The maximum atomic E-state index is 11.9. The summed E-state index contributed by atoms with van der Waals surface area (Å²) in [5.41, 5.74) is 0.567. The first-order valence-electron chi connectivity index (χ1n) is 5.67. The van der Waals surface area contributed by atoms with E-state index in [1.807, 2.05) is 39.8 Å². The molecule has 0 spiro atoms. The second kappa shape index (κ2) is 5.17. The van der Waals surface area contributed by atoms with Crippen LogP contribution >= 0.6 is 0 Å². The first-order valence-corrected chi connectivity index (χ1v) is 5.67. The fourth-order valence-corrected chi connectivity index (χ4v) is 1.36. The quantitative estimate of drug-likeness (QED) is 0.792. The minimum absolute atomic E-state index is 0.0344. The third-order valence-corrected chi connectivity index (χ3v) is 2.45. The molecule has 0 aromatic carbocycles. The van der Waals surface area contributed by atoms with E-state index in [-0.39, 0.29) is 12.1 Å². The van der Waals surface area contributed by atoms with Gasteiger partial charge in [-0.15, -0.1) is 0 Å². The summed E-state index contributed by atoms with van der Waals surface area (Å²) in [6, 6.07) is 3.75. The summed E-state index contributed by atoms with van der Waals surface area (Å²) in [5, 5.41) is 0. The highest BCUT2D eigenvalue weighted by atomic mass is 16.6. The lowest BCUT2D eigenvalue weighted by atomic mass is 10.1. The molecule has 0 saturated carbocycles. The molecule has 0 bridgehead atoms. The van der Waals surface area contributed by atoms with Crippen molar-refractivity contribution in [1.29, 1.82) is 0 Å². The predicted molar refractivity (Wildman–Crippen MR) is 66.6 cm³/mol. The van der Waals surface area contributed by atoms with Crippen molar-refractivity contribution in [3.05, 3.63) is 30.1 Å². The largest absolute Gasteiger partial charge is 0.444 e. The first kappa shape index (κ1) is 13.5. The van der Waals surface area contributed by atoms with Gasteiger partial charge in [0, 0.05) is 19.4 Å². The molecular weight excluding hydrogens is 216 g/mol. The zero-order valence-corrected chi connectivity index (χ0v) is 11.1. The molecule has 94 valence electrons. The minimum Gasteiger partial charge on any atom is -0.444 e. The van der Waals surface area contributed by atoms with Gasteiger partial charge in [0.15, 0.2) is 0 Å². The molecule has 17 heavy (non-hydrogen) atoms. The summed E-state index contributed by atoms with van der Waals surface area (Å²) >= 11 is 0. The van der Waals surface area contributed by atoms with E-state index >= 15 is 0 Å². The molecule has 0 radical (unpaired) electrons. The lowest BCUT2D eigenvalue weighted by molar-refractivity contribution is 0.0234. The van der Waals surface area contributed by atoms with Gasteiger partial charge < -0.3 is 9.64 Å². The highest BCUT2D eigenvalue weighted by molar-refractivity contribution is 5.68. The Morgan fingerprint density at radius 2 is 1.88 bits per heavy atom. The molecular formula is C13H20N2O2. The minimum atomic E-state index is -0.469. The first-order chi connectivity index (χ1) is 7.81. The molecule has 0 N–H and O–H groups in total. The van der Waals surface area contributed by atoms with Gasteiger partial charge in [-0.05, 0) is 45.4 Å². The van der Waals surface area contributed by atoms with Gasteiger partial charge >= 0.3 is 6.09 Å². The van der Waals surface area contributed by atoms with Gasteiger partial charge in [-0.25, -0.2) is 4.79 Å². The number of aromatic nitrogens is 1. The Morgan fingerprint density at radius 1 is 1.35 bits per heavy atom. The number of carbonyl (C=O) groups is 1. The van der Waals surface area contributed by atoms with Crippen molar-refractivity contribution in [2.75, 3.05) is 7.05 Å². The number of nitrogens with zero attached hydrogens (tertiary/aromatic N) is 2. The summed E-state index contributed by atoms with van der Waals surface area (Å²) in [7, 11) is 1.74. The summed E-state index contributed by atoms with van der Waals surface area (Å²) in [6.45, 7) is 7.53. The number of rotatable bonds is 2. The van der Waals surface area contributed by atoms with Crippen LogP contribution in [0.3, 0.4) is 0 Å². The highest BCUT2D eigenvalue weighted by Crippen LogP contribution is 2.20. The molecule has 0 aliphatic heterocycles. The third kappa shape index (κ3) is 4.06. The molecule has 1 amide bonds. The van der Waals surface area contributed by atoms with E-state index in [0.717, 1.165) is 5.56 Å². The van der Waals surface area contributed by atoms with Crippen molar-refractivity contribution in [3.8, 4) is 0 Å². The van der Waals surface area contributed by atoms with Gasteiger partial charge in [0.1, 0.15) is 5.60 Å². The Bertz CT molecular complexity index is 371. The van der Waals surface area contributed by atoms with Crippen LogP contribution in [0.15, 0.2) is 24.5 Å². The van der Waals surface area contributed by atoms with E-state index < -0.39 is 5.60 Å². The summed E-state index contributed by atoms with van der Waals surface area (Å²) in [6.07, 6.45) is 3.12. The van der Waals surface area contributed by atoms with E-state index in [0.29, 0.717) is 0 Å². The van der Waals surface area contributed by atoms with E-state index in [1.54, 1.807) is 24.3 Å². The molecule has 0 aliphatic rings. The molecule has 1 unspecified atom stereocenters. The smallest absolute Gasteiger partial charge is 0.410 e. The van der Waals surface area contributed by atoms with Crippen LogP contribution < -0.4 is 0 Å². The van der Waals surface area contributed by atoms with E-state index in [4.69, 9.17) is 4.74 Å². The Labute approximate surface area is 103 Å². The number of pyridine rings is 1. The number of hydrogen-bond acceptors (Lipinski definition) is 3. The molecule has 0 aliphatic carbocycles. The van der Waals surface area contributed by atoms with Gasteiger partial charge in [-0.2, -0.15) is 0 Å². The Hall–Kier alpha value is -1.58. The number of amides is 1. The van der Waals surface area contributed by atoms with Crippen LogP contribution in [0.25, 0.3) is 0 Å². The Balaban J connectivity index is 2.70. The second-order valence-corrected chi connectivity index (χ2v) is 5.05. The Kier molecular flexibility index (Phi) is 4.10. The van der Waals surface area contributed by atoms with Gasteiger partial charge in [-0.1, -0.05) is 0 Å². The van der Waals surface area contributed by atoms with Crippen molar-refractivity contribution < 1.29 is 9.53 Å². The fraction of sp³-hybridized carbons (Fsp3) is 0.538. The van der Waals surface area contributed by atoms with Crippen LogP contribution in [0.5, 0.6) is 0 Å². The fourth-order valence-electron chi connectivity index (χ4n) is 1.36. The summed E-state index contributed by atoms with van der Waals surface area (Å²) < 4.78 is 5.31. The van der Waals surface area contributed by atoms with Crippen LogP contribution in [0, 0.1) is 0 Å². The highest BCUT2D eigenvalue weighted by Gasteiger charge is 2.23. The van der Waals surface area contributed by atoms with Gasteiger partial charge in [-0.3, -0.25) is 4.98 Å². The topological polar surface area (TPSA) is 42.4 Å². The van der Waals surface area contributed by atoms with Gasteiger partial charge in [0.05, 0.1) is 6.04 Å². The zero-order valence-electron chi connectivity index (χ0n) is 11.1. The normalized spacial score (nSPS) is 13.0. The van der Waals surface area contributed by atoms with Gasteiger partial charge in [0.2, 0.25) is 0 Å². The number of ether oxygens (including phenoxy) is 1. The predicted octanol–water partition coefficient (Wildman–Crippen LogP) is 3.01. The van der Waals surface area contributed by atoms with Gasteiger partial charge in [0.25, 0.3) is 0 Å². The zero-order chi connectivity index (χ0) is 13.1. The van der Waals surface area contributed by atoms with Crippen molar-refractivity contribution in [1.82, 2.24) is 9.88 Å². The average Bonchev–Trinajstić information content (AvgIpc) is 2.26. The van der Waals surface area contributed by atoms with Crippen LogP contribution in [0.4, 0.5) is 4.79 Å². The van der Waals surface area contributed by atoms with Crippen molar-refractivity contribution in [2.45, 2.75) is 39.3 Å². The van der Waals surface area contributed by atoms with Crippen LogP contribution in [-0.4, -0.2) is 28.6 Å².